The standard InChI is InChI=1S/C8H16N/c1-3-4-7-9(2)8-5-6-8/h7-8H,3-6H2,1-2H3. The molecule has 1 saturated carbocycles. The zero-order valence-electron chi connectivity index (χ0n) is 6.43. The second kappa shape index (κ2) is 3.21. The number of hydrogen-bond donors (Lipinski definition) is 0. The highest BCUT2D eigenvalue weighted by Crippen LogP contribution is 2.26. The molecule has 0 N–H and O–H groups in total. The lowest BCUT2D eigenvalue weighted by molar-refractivity contribution is 0.381. The van der Waals surface area contributed by atoms with E-state index in [0.717, 1.165) is 6.04 Å². The quantitative estimate of drug-likeness (QED) is 0.557. The van der Waals surface area contributed by atoms with Gasteiger partial charge in [0.1, 0.15) is 0 Å². The molecule has 0 aliphatic heterocycles. The van der Waals surface area contributed by atoms with Crippen molar-refractivity contribution in [3.05, 3.63) is 6.54 Å². The second-order valence-corrected chi connectivity index (χ2v) is 2.87. The van der Waals surface area contributed by atoms with Crippen LogP contribution in [-0.4, -0.2) is 18.0 Å². The van der Waals surface area contributed by atoms with Gasteiger partial charge in [-0.3, -0.25) is 4.90 Å². The van der Waals surface area contributed by atoms with Crippen molar-refractivity contribution in [2.75, 3.05) is 7.05 Å². The number of nitrogens with zero attached hydrogens (tertiary/aromatic N) is 1. The van der Waals surface area contributed by atoms with E-state index in [4.69, 9.17) is 0 Å². The summed E-state index contributed by atoms with van der Waals surface area (Å²) in [5.41, 5.74) is 0. The molecule has 1 nitrogen and oxygen atoms in total. The van der Waals surface area contributed by atoms with Gasteiger partial charge >= 0.3 is 0 Å². The Labute approximate surface area is 58.0 Å². The van der Waals surface area contributed by atoms with Gasteiger partial charge in [-0.2, -0.15) is 0 Å². The summed E-state index contributed by atoms with van der Waals surface area (Å²) in [4.78, 5) is 2.36. The Morgan fingerprint density at radius 1 is 1.56 bits per heavy atom. The molecule has 0 saturated heterocycles. The monoisotopic (exact) mass is 126 g/mol. The van der Waals surface area contributed by atoms with E-state index in [0.29, 0.717) is 0 Å². The molecule has 0 spiro atoms. The van der Waals surface area contributed by atoms with E-state index in [1.807, 2.05) is 0 Å². The average molecular weight is 126 g/mol. The van der Waals surface area contributed by atoms with E-state index in [1.54, 1.807) is 0 Å². The summed E-state index contributed by atoms with van der Waals surface area (Å²) in [6.45, 7) is 4.54. The lowest BCUT2D eigenvalue weighted by atomic mass is 10.3. The van der Waals surface area contributed by atoms with Crippen molar-refractivity contribution in [2.24, 2.45) is 0 Å². The molecule has 0 heterocycles. The van der Waals surface area contributed by atoms with Crippen LogP contribution in [0.5, 0.6) is 0 Å². The molecule has 0 aromatic heterocycles. The van der Waals surface area contributed by atoms with Crippen LogP contribution in [0.4, 0.5) is 0 Å². The van der Waals surface area contributed by atoms with E-state index in [1.165, 1.54) is 25.7 Å². The summed E-state index contributed by atoms with van der Waals surface area (Å²) < 4.78 is 0. The normalized spacial score (nSPS) is 19.0. The van der Waals surface area contributed by atoms with Gasteiger partial charge in [0.2, 0.25) is 0 Å². The summed E-state index contributed by atoms with van der Waals surface area (Å²) in [7, 11) is 2.19. The molecule has 0 bridgehead atoms. The van der Waals surface area contributed by atoms with Gasteiger partial charge in [0.05, 0.1) is 0 Å². The van der Waals surface area contributed by atoms with Crippen LogP contribution < -0.4 is 0 Å². The Morgan fingerprint density at radius 2 is 2.22 bits per heavy atom. The predicted molar refractivity (Wildman–Crippen MR) is 40.0 cm³/mol. The van der Waals surface area contributed by atoms with Crippen molar-refractivity contribution in [1.29, 1.82) is 0 Å². The topological polar surface area (TPSA) is 3.24 Å². The molecule has 1 rings (SSSR count). The molecule has 1 aliphatic rings. The van der Waals surface area contributed by atoms with E-state index in [2.05, 4.69) is 25.4 Å². The number of unbranched alkanes of at least 4 members (excludes halogenated alkanes) is 1. The summed E-state index contributed by atoms with van der Waals surface area (Å²) in [6.07, 6.45) is 5.34. The van der Waals surface area contributed by atoms with Gasteiger partial charge in [-0.25, -0.2) is 0 Å². The van der Waals surface area contributed by atoms with Crippen molar-refractivity contribution in [3.63, 3.8) is 0 Å². The first-order valence-electron chi connectivity index (χ1n) is 3.90. The van der Waals surface area contributed by atoms with Crippen molar-refractivity contribution in [2.45, 2.75) is 38.6 Å². The fourth-order valence-corrected chi connectivity index (χ4v) is 0.964. The third-order valence-corrected chi connectivity index (χ3v) is 1.83. The molecule has 0 amide bonds. The third-order valence-electron chi connectivity index (χ3n) is 1.83. The van der Waals surface area contributed by atoms with Gasteiger partial charge in [0, 0.05) is 12.6 Å². The van der Waals surface area contributed by atoms with Crippen LogP contribution in [0.3, 0.4) is 0 Å². The van der Waals surface area contributed by atoms with Crippen LogP contribution in [0.2, 0.25) is 0 Å². The second-order valence-electron chi connectivity index (χ2n) is 2.87. The van der Waals surface area contributed by atoms with Crippen LogP contribution in [0.1, 0.15) is 32.6 Å². The Bertz CT molecular complexity index is 76.6. The van der Waals surface area contributed by atoms with E-state index < -0.39 is 0 Å². The smallest absolute Gasteiger partial charge is 0.0251 e. The van der Waals surface area contributed by atoms with Crippen molar-refractivity contribution < 1.29 is 0 Å². The maximum absolute atomic E-state index is 2.36. The van der Waals surface area contributed by atoms with Gasteiger partial charge in [0.15, 0.2) is 0 Å². The first-order valence-corrected chi connectivity index (χ1v) is 3.90. The Kier molecular flexibility index (Phi) is 2.52. The summed E-state index contributed by atoms with van der Waals surface area (Å²) in [5, 5.41) is 0. The van der Waals surface area contributed by atoms with Gasteiger partial charge in [-0.15, -0.1) is 0 Å². The summed E-state index contributed by atoms with van der Waals surface area (Å²) in [5.74, 6) is 0. The largest absolute Gasteiger partial charge is 0.299 e. The van der Waals surface area contributed by atoms with Crippen LogP contribution in [-0.2, 0) is 0 Å². The highest BCUT2D eigenvalue weighted by molar-refractivity contribution is 4.85. The minimum Gasteiger partial charge on any atom is -0.299 e. The summed E-state index contributed by atoms with van der Waals surface area (Å²) >= 11 is 0. The highest BCUT2D eigenvalue weighted by Gasteiger charge is 2.25. The van der Waals surface area contributed by atoms with Crippen molar-refractivity contribution in [1.82, 2.24) is 4.90 Å². The molecule has 1 radical (unpaired) electrons. The molecule has 9 heavy (non-hydrogen) atoms. The summed E-state index contributed by atoms with van der Waals surface area (Å²) in [6, 6.07) is 0.900. The van der Waals surface area contributed by atoms with Crippen LogP contribution in [0, 0.1) is 6.54 Å². The molecule has 1 aliphatic carbocycles. The van der Waals surface area contributed by atoms with Crippen LogP contribution >= 0.6 is 0 Å². The Hall–Kier alpha value is -0.0400. The van der Waals surface area contributed by atoms with Crippen LogP contribution in [0.25, 0.3) is 0 Å². The SMILES string of the molecule is CCC[CH]N(C)C1CC1. The Balaban J connectivity index is 1.96. The molecular formula is C8H16N. The van der Waals surface area contributed by atoms with E-state index in [9.17, 15) is 0 Å². The van der Waals surface area contributed by atoms with Crippen LogP contribution in [0.15, 0.2) is 0 Å². The molecule has 1 fully saturated rings. The molecule has 0 aromatic rings. The molecule has 0 unspecified atom stereocenters. The lowest BCUT2D eigenvalue weighted by Crippen LogP contribution is -2.16. The molecule has 53 valence electrons. The fourth-order valence-electron chi connectivity index (χ4n) is 0.964. The average Bonchev–Trinajstić information content (AvgIpc) is 2.63. The molecule has 0 aromatic carbocycles. The van der Waals surface area contributed by atoms with E-state index in [-0.39, 0.29) is 0 Å². The third kappa shape index (κ3) is 2.35. The predicted octanol–water partition coefficient (Wildman–Crippen LogP) is 2.04. The zero-order valence-corrected chi connectivity index (χ0v) is 6.43. The van der Waals surface area contributed by atoms with Crippen molar-refractivity contribution in [3.8, 4) is 0 Å². The maximum atomic E-state index is 2.36. The van der Waals surface area contributed by atoms with Gasteiger partial charge in [0.25, 0.3) is 0 Å². The molecular weight excluding hydrogens is 110 g/mol. The highest BCUT2D eigenvalue weighted by atomic mass is 15.1. The minimum absolute atomic E-state index is 0.900. The van der Waals surface area contributed by atoms with E-state index >= 15 is 0 Å². The number of rotatable bonds is 4. The lowest BCUT2D eigenvalue weighted by Gasteiger charge is -2.13. The first-order chi connectivity index (χ1) is 4.34. The van der Waals surface area contributed by atoms with Crippen molar-refractivity contribution >= 4 is 0 Å². The fraction of sp³-hybridized carbons (Fsp3) is 0.875. The maximum Gasteiger partial charge on any atom is 0.0251 e. The molecule has 0 atom stereocenters. The zero-order chi connectivity index (χ0) is 6.69. The minimum atomic E-state index is 0.900. The van der Waals surface area contributed by atoms with Gasteiger partial charge in [-0.05, 0) is 26.3 Å². The first kappa shape index (κ1) is 7.07. The van der Waals surface area contributed by atoms with Gasteiger partial charge in [-0.1, -0.05) is 13.3 Å². The Morgan fingerprint density at radius 3 is 2.67 bits per heavy atom. The number of hydrogen-bond acceptors (Lipinski definition) is 1. The molecule has 1 heteroatoms. The van der Waals surface area contributed by atoms with Gasteiger partial charge < -0.3 is 0 Å².